The van der Waals surface area contributed by atoms with E-state index in [9.17, 15) is 4.79 Å². The third-order valence-electron chi connectivity index (χ3n) is 4.69. The minimum absolute atomic E-state index is 0.175. The predicted octanol–water partition coefficient (Wildman–Crippen LogP) is 5.48. The van der Waals surface area contributed by atoms with Crippen molar-refractivity contribution in [3.63, 3.8) is 0 Å². The number of piperidine rings is 1. The van der Waals surface area contributed by atoms with Crippen LogP contribution in [0, 0.1) is 6.92 Å². The van der Waals surface area contributed by atoms with Gasteiger partial charge in [-0.15, -0.1) is 0 Å². The number of benzene rings is 2. The molecule has 0 radical (unpaired) electrons. The fraction of sp³-hybridized carbons (Fsp3) is 0.381. The molecule has 0 saturated carbocycles. The normalized spacial score (nSPS) is 15.2. The minimum Gasteiger partial charge on any atom is -0.450 e. The summed E-state index contributed by atoms with van der Waals surface area (Å²) in [6, 6.07) is 17.4. The number of aryl methyl sites for hydroxylation is 1. The first kappa shape index (κ1) is 17.9. The Morgan fingerprint density at radius 1 is 1.12 bits per heavy atom. The summed E-state index contributed by atoms with van der Waals surface area (Å²) in [5, 5.41) is 0. The average Bonchev–Trinajstić information content (AvgIpc) is 2.65. The van der Waals surface area contributed by atoms with Crippen molar-refractivity contribution in [3.8, 4) is 0 Å². The molecule has 3 rings (SSSR count). The lowest BCUT2D eigenvalue weighted by Gasteiger charge is -2.31. The Morgan fingerprint density at radius 2 is 1.80 bits per heavy atom. The van der Waals surface area contributed by atoms with Gasteiger partial charge in [-0.25, -0.2) is 4.79 Å². The summed E-state index contributed by atoms with van der Waals surface area (Å²) in [5.74, 6) is 0.531. The summed E-state index contributed by atoms with van der Waals surface area (Å²) >= 11 is 1.81. The van der Waals surface area contributed by atoms with Gasteiger partial charge in [-0.2, -0.15) is 0 Å². The van der Waals surface area contributed by atoms with Crippen molar-refractivity contribution in [1.82, 2.24) is 4.90 Å². The second-order valence-electron chi connectivity index (χ2n) is 6.40. The number of carbonyl (C=O) groups is 1. The zero-order valence-electron chi connectivity index (χ0n) is 14.9. The molecule has 1 aliphatic heterocycles. The van der Waals surface area contributed by atoms with E-state index >= 15 is 0 Å². The van der Waals surface area contributed by atoms with E-state index in [4.69, 9.17) is 4.74 Å². The molecule has 0 aliphatic carbocycles. The number of carbonyl (C=O) groups excluding carboxylic acids is 1. The molecular weight excluding hydrogens is 330 g/mol. The SMILES string of the molecule is CCOC(=O)N1CCC(c2ccc(Sc3ccccc3C)cc2)CC1. The number of hydrogen-bond acceptors (Lipinski definition) is 3. The Labute approximate surface area is 154 Å². The maximum atomic E-state index is 11.8. The fourth-order valence-corrected chi connectivity index (χ4v) is 4.12. The van der Waals surface area contributed by atoms with Crippen LogP contribution in [0.25, 0.3) is 0 Å². The van der Waals surface area contributed by atoms with Gasteiger partial charge >= 0.3 is 6.09 Å². The molecule has 1 aliphatic rings. The highest BCUT2D eigenvalue weighted by Gasteiger charge is 2.24. The van der Waals surface area contributed by atoms with E-state index in [1.807, 2.05) is 23.6 Å². The third-order valence-corrected chi connectivity index (χ3v) is 5.88. The molecule has 25 heavy (non-hydrogen) atoms. The molecule has 0 N–H and O–H groups in total. The Balaban J connectivity index is 1.58. The van der Waals surface area contributed by atoms with Crippen LogP contribution in [0.1, 0.15) is 36.8 Å². The summed E-state index contributed by atoms with van der Waals surface area (Å²) < 4.78 is 5.09. The summed E-state index contributed by atoms with van der Waals surface area (Å²) in [6.07, 6.45) is 1.83. The van der Waals surface area contributed by atoms with Gasteiger partial charge in [-0.3, -0.25) is 0 Å². The molecule has 132 valence electrons. The fourth-order valence-electron chi connectivity index (χ4n) is 3.22. The van der Waals surface area contributed by atoms with Gasteiger partial charge in [0.15, 0.2) is 0 Å². The average molecular weight is 356 g/mol. The molecule has 2 aromatic carbocycles. The summed E-state index contributed by atoms with van der Waals surface area (Å²) in [7, 11) is 0. The maximum absolute atomic E-state index is 11.8. The van der Waals surface area contributed by atoms with Crippen LogP contribution in [-0.2, 0) is 4.74 Å². The number of ether oxygens (including phenoxy) is 1. The second kappa shape index (κ2) is 8.43. The lowest BCUT2D eigenvalue weighted by Crippen LogP contribution is -2.38. The van der Waals surface area contributed by atoms with Crippen molar-refractivity contribution in [1.29, 1.82) is 0 Å². The standard InChI is InChI=1S/C21H25NO2S/c1-3-24-21(23)22-14-12-18(13-15-22)17-8-10-19(11-9-17)25-20-7-5-4-6-16(20)2/h4-11,18H,3,12-15H2,1-2H3. The maximum Gasteiger partial charge on any atom is 0.409 e. The van der Waals surface area contributed by atoms with E-state index in [1.54, 1.807) is 0 Å². The van der Waals surface area contributed by atoms with E-state index in [0.717, 1.165) is 25.9 Å². The van der Waals surface area contributed by atoms with Gasteiger partial charge in [-0.1, -0.05) is 42.1 Å². The van der Waals surface area contributed by atoms with E-state index in [2.05, 4.69) is 55.5 Å². The number of rotatable bonds is 4. The summed E-state index contributed by atoms with van der Waals surface area (Å²) in [5.41, 5.74) is 2.68. The van der Waals surface area contributed by atoms with Gasteiger partial charge in [0, 0.05) is 22.9 Å². The third kappa shape index (κ3) is 4.57. The molecule has 3 nitrogen and oxygen atoms in total. The lowest BCUT2D eigenvalue weighted by molar-refractivity contribution is 0.0971. The first-order valence-electron chi connectivity index (χ1n) is 8.92. The van der Waals surface area contributed by atoms with Gasteiger partial charge in [0.2, 0.25) is 0 Å². The van der Waals surface area contributed by atoms with Crippen LogP contribution in [0.4, 0.5) is 4.79 Å². The highest BCUT2D eigenvalue weighted by Crippen LogP contribution is 2.33. The molecule has 1 heterocycles. The minimum atomic E-state index is -0.175. The topological polar surface area (TPSA) is 29.5 Å². The Bertz CT molecular complexity index is 706. The van der Waals surface area contributed by atoms with Crippen LogP contribution in [0.2, 0.25) is 0 Å². The van der Waals surface area contributed by atoms with E-state index in [1.165, 1.54) is 20.9 Å². The number of nitrogens with zero attached hydrogens (tertiary/aromatic N) is 1. The highest BCUT2D eigenvalue weighted by atomic mass is 32.2. The quantitative estimate of drug-likeness (QED) is 0.727. The molecule has 0 bridgehead atoms. The smallest absolute Gasteiger partial charge is 0.409 e. The van der Waals surface area contributed by atoms with Crippen LogP contribution in [0.5, 0.6) is 0 Å². The van der Waals surface area contributed by atoms with E-state index in [-0.39, 0.29) is 6.09 Å². The zero-order valence-corrected chi connectivity index (χ0v) is 15.7. The van der Waals surface area contributed by atoms with Crippen molar-refractivity contribution < 1.29 is 9.53 Å². The van der Waals surface area contributed by atoms with Crippen LogP contribution < -0.4 is 0 Å². The Morgan fingerprint density at radius 3 is 2.44 bits per heavy atom. The summed E-state index contributed by atoms with van der Waals surface area (Å²) in [4.78, 5) is 16.2. The molecule has 1 amide bonds. The van der Waals surface area contributed by atoms with Gasteiger partial charge in [0.05, 0.1) is 6.61 Å². The van der Waals surface area contributed by atoms with E-state index in [0.29, 0.717) is 12.5 Å². The van der Waals surface area contributed by atoms with Crippen LogP contribution in [0.15, 0.2) is 58.3 Å². The lowest BCUT2D eigenvalue weighted by atomic mass is 9.90. The highest BCUT2D eigenvalue weighted by molar-refractivity contribution is 7.99. The number of likely N-dealkylation sites (tertiary alicyclic amines) is 1. The van der Waals surface area contributed by atoms with Crippen LogP contribution in [0.3, 0.4) is 0 Å². The van der Waals surface area contributed by atoms with Crippen molar-refractivity contribution in [2.24, 2.45) is 0 Å². The number of amides is 1. The zero-order chi connectivity index (χ0) is 17.6. The molecular formula is C21H25NO2S. The molecule has 0 unspecified atom stereocenters. The van der Waals surface area contributed by atoms with E-state index < -0.39 is 0 Å². The molecule has 1 saturated heterocycles. The monoisotopic (exact) mass is 355 g/mol. The molecule has 0 atom stereocenters. The predicted molar refractivity (Wildman–Crippen MR) is 102 cm³/mol. The van der Waals surface area contributed by atoms with Crippen molar-refractivity contribution in [3.05, 3.63) is 59.7 Å². The Kier molecular flexibility index (Phi) is 6.03. The molecule has 2 aromatic rings. The molecule has 0 aromatic heterocycles. The van der Waals surface area contributed by atoms with Crippen LogP contribution >= 0.6 is 11.8 Å². The van der Waals surface area contributed by atoms with Crippen molar-refractivity contribution in [2.45, 2.75) is 42.4 Å². The first-order valence-corrected chi connectivity index (χ1v) is 9.74. The van der Waals surface area contributed by atoms with Gasteiger partial charge in [0.25, 0.3) is 0 Å². The molecule has 4 heteroatoms. The summed E-state index contributed by atoms with van der Waals surface area (Å²) in [6.45, 7) is 6.00. The largest absolute Gasteiger partial charge is 0.450 e. The van der Waals surface area contributed by atoms with Crippen LogP contribution in [-0.4, -0.2) is 30.7 Å². The van der Waals surface area contributed by atoms with Gasteiger partial charge < -0.3 is 9.64 Å². The first-order chi connectivity index (χ1) is 12.2. The second-order valence-corrected chi connectivity index (χ2v) is 7.51. The molecule has 0 spiro atoms. The Hall–Kier alpha value is -1.94. The number of hydrogen-bond donors (Lipinski definition) is 0. The molecule has 1 fully saturated rings. The van der Waals surface area contributed by atoms with Gasteiger partial charge in [-0.05, 0) is 61.9 Å². The van der Waals surface area contributed by atoms with Crippen molar-refractivity contribution >= 4 is 17.9 Å². The van der Waals surface area contributed by atoms with Crippen molar-refractivity contribution in [2.75, 3.05) is 19.7 Å². The van der Waals surface area contributed by atoms with Gasteiger partial charge in [0.1, 0.15) is 0 Å².